The van der Waals surface area contributed by atoms with E-state index in [2.05, 4.69) is 16.4 Å². The molecule has 1 saturated heterocycles. The van der Waals surface area contributed by atoms with Gasteiger partial charge >= 0.3 is 0 Å². The Hall–Kier alpha value is -2.38. The molecule has 0 atom stereocenters. The first-order valence-corrected chi connectivity index (χ1v) is 11.2. The fourth-order valence-electron chi connectivity index (χ4n) is 3.25. The van der Waals surface area contributed by atoms with Crippen molar-refractivity contribution in [3.05, 3.63) is 59.1 Å². The molecule has 1 N–H and O–H groups in total. The Balaban J connectivity index is 1.27. The second-order valence-corrected chi connectivity index (χ2v) is 8.84. The molecule has 144 valence electrons. The van der Waals surface area contributed by atoms with Gasteiger partial charge in [-0.15, -0.1) is 23.1 Å². The molecule has 0 bridgehead atoms. The molecule has 0 unspecified atom stereocenters. The summed E-state index contributed by atoms with van der Waals surface area (Å²) in [6.45, 7) is 1.42. The topological polar surface area (TPSA) is 62.3 Å². The number of hydrogen-bond donors (Lipinski definition) is 1. The lowest BCUT2D eigenvalue weighted by Crippen LogP contribution is -2.23. The van der Waals surface area contributed by atoms with Crippen molar-refractivity contribution in [1.82, 2.24) is 9.88 Å². The Bertz CT molecular complexity index is 969. The van der Waals surface area contributed by atoms with E-state index in [1.165, 1.54) is 4.70 Å². The van der Waals surface area contributed by atoms with E-state index in [0.717, 1.165) is 40.5 Å². The lowest BCUT2D eigenvalue weighted by Gasteiger charge is -2.16. The molecular formula is C21H21N3O2S2. The van der Waals surface area contributed by atoms with E-state index in [4.69, 9.17) is 0 Å². The number of rotatable bonds is 7. The number of fused-ring (bicyclic) bond motifs is 1. The highest BCUT2D eigenvalue weighted by atomic mass is 32.2. The van der Waals surface area contributed by atoms with Gasteiger partial charge in [0.1, 0.15) is 5.01 Å². The van der Waals surface area contributed by atoms with Crippen molar-refractivity contribution in [3.63, 3.8) is 0 Å². The molecule has 2 aromatic carbocycles. The number of thiazole rings is 1. The van der Waals surface area contributed by atoms with Crippen LogP contribution in [0.5, 0.6) is 0 Å². The van der Waals surface area contributed by atoms with Gasteiger partial charge in [-0.1, -0.05) is 24.3 Å². The largest absolute Gasteiger partial charge is 0.338 e. The van der Waals surface area contributed by atoms with Crippen LogP contribution in [-0.2, 0) is 21.9 Å². The van der Waals surface area contributed by atoms with Gasteiger partial charge < -0.3 is 10.2 Å². The summed E-state index contributed by atoms with van der Waals surface area (Å²) in [5, 5.41) is 3.99. The third-order valence-corrected chi connectivity index (χ3v) is 6.72. The van der Waals surface area contributed by atoms with E-state index < -0.39 is 0 Å². The second kappa shape index (κ2) is 8.75. The average molecular weight is 412 g/mol. The van der Waals surface area contributed by atoms with Gasteiger partial charge in [-0.2, -0.15) is 0 Å². The maximum atomic E-state index is 12.3. The fraction of sp³-hybridized carbons (Fsp3) is 0.286. The standard InChI is InChI=1S/C21H21N3O2S2/c25-19(13-27-14-20-23-17-7-1-2-8-18(17)28-20)22-16-6-3-5-15(11-16)12-24-10-4-9-21(24)26/h1-3,5-8,11H,4,9-10,12-14H2,(H,22,25). The molecule has 2 heterocycles. The monoisotopic (exact) mass is 411 g/mol. The van der Waals surface area contributed by atoms with E-state index in [0.29, 0.717) is 18.7 Å². The SMILES string of the molecule is O=C(CSCc1nc2ccccc2s1)Nc1cccc(CN2CCCC2=O)c1. The molecule has 0 saturated carbocycles. The first-order valence-electron chi connectivity index (χ1n) is 9.26. The van der Waals surface area contributed by atoms with Gasteiger partial charge in [0.2, 0.25) is 11.8 Å². The molecular weight excluding hydrogens is 390 g/mol. The Labute approximate surface area is 172 Å². The summed E-state index contributed by atoms with van der Waals surface area (Å²) >= 11 is 3.24. The Morgan fingerprint density at radius 3 is 2.93 bits per heavy atom. The quantitative estimate of drug-likeness (QED) is 0.630. The molecule has 3 aromatic rings. The van der Waals surface area contributed by atoms with Crippen molar-refractivity contribution in [2.45, 2.75) is 25.1 Å². The number of thioether (sulfide) groups is 1. The Morgan fingerprint density at radius 1 is 1.21 bits per heavy atom. The van der Waals surface area contributed by atoms with Crippen molar-refractivity contribution in [3.8, 4) is 0 Å². The normalized spacial score (nSPS) is 14.0. The number of likely N-dealkylation sites (tertiary alicyclic amines) is 1. The number of amides is 2. The number of para-hydroxylation sites is 1. The number of carbonyl (C=O) groups excluding carboxylic acids is 2. The van der Waals surface area contributed by atoms with Gasteiger partial charge in [0.15, 0.2) is 0 Å². The predicted molar refractivity (Wildman–Crippen MR) is 116 cm³/mol. The molecule has 2 amide bonds. The van der Waals surface area contributed by atoms with Crippen LogP contribution in [0.4, 0.5) is 5.69 Å². The summed E-state index contributed by atoms with van der Waals surface area (Å²) in [6, 6.07) is 15.8. The van der Waals surface area contributed by atoms with Crippen LogP contribution in [0.15, 0.2) is 48.5 Å². The molecule has 1 aliphatic rings. The van der Waals surface area contributed by atoms with Crippen LogP contribution in [0.1, 0.15) is 23.4 Å². The van der Waals surface area contributed by atoms with Crippen LogP contribution in [0, 0.1) is 0 Å². The summed E-state index contributed by atoms with van der Waals surface area (Å²) in [5.41, 5.74) is 2.82. The lowest BCUT2D eigenvalue weighted by atomic mass is 10.2. The smallest absolute Gasteiger partial charge is 0.234 e. The summed E-state index contributed by atoms with van der Waals surface area (Å²) in [5.74, 6) is 1.29. The van der Waals surface area contributed by atoms with Crippen LogP contribution in [-0.4, -0.2) is 34.0 Å². The zero-order chi connectivity index (χ0) is 19.3. The predicted octanol–water partition coefficient (Wildman–Crippen LogP) is 4.29. The molecule has 1 aromatic heterocycles. The van der Waals surface area contributed by atoms with Crippen LogP contribution < -0.4 is 5.32 Å². The molecule has 4 rings (SSSR count). The summed E-state index contributed by atoms with van der Waals surface area (Å²) in [7, 11) is 0. The molecule has 7 heteroatoms. The van der Waals surface area contributed by atoms with Crippen LogP contribution in [0.25, 0.3) is 10.2 Å². The number of carbonyl (C=O) groups is 2. The highest BCUT2D eigenvalue weighted by Crippen LogP contribution is 2.25. The van der Waals surface area contributed by atoms with Gasteiger partial charge in [0.05, 0.1) is 16.0 Å². The van der Waals surface area contributed by atoms with Gasteiger partial charge in [0.25, 0.3) is 0 Å². The van der Waals surface area contributed by atoms with Gasteiger partial charge in [0, 0.05) is 31.0 Å². The molecule has 0 aliphatic carbocycles. The zero-order valence-electron chi connectivity index (χ0n) is 15.4. The molecule has 0 radical (unpaired) electrons. The average Bonchev–Trinajstić information content (AvgIpc) is 3.28. The second-order valence-electron chi connectivity index (χ2n) is 6.74. The molecule has 1 aliphatic heterocycles. The zero-order valence-corrected chi connectivity index (χ0v) is 17.0. The lowest BCUT2D eigenvalue weighted by molar-refractivity contribution is -0.128. The van der Waals surface area contributed by atoms with Gasteiger partial charge in [-0.05, 0) is 36.2 Å². The van der Waals surface area contributed by atoms with Crippen molar-refractivity contribution >= 4 is 50.8 Å². The van der Waals surface area contributed by atoms with Crippen molar-refractivity contribution in [1.29, 1.82) is 0 Å². The Morgan fingerprint density at radius 2 is 2.11 bits per heavy atom. The Kier molecular flexibility index (Phi) is 5.92. The van der Waals surface area contributed by atoms with E-state index in [1.807, 2.05) is 47.4 Å². The number of nitrogens with one attached hydrogen (secondary N) is 1. The third kappa shape index (κ3) is 4.72. The first kappa shape index (κ1) is 19.0. The highest BCUT2D eigenvalue weighted by molar-refractivity contribution is 7.99. The van der Waals surface area contributed by atoms with Crippen molar-refractivity contribution in [2.24, 2.45) is 0 Å². The molecule has 1 fully saturated rings. The van der Waals surface area contributed by atoms with E-state index >= 15 is 0 Å². The van der Waals surface area contributed by atoms with Gasteiger partial charge in [-0.25, -0.2) is 4.98 Å². The van der Waals surface area contributed by atoms with Crippen molar-refractivity contribution < 1.29 is 9.59 Å². The third-order valence-electron chi connectivity index (χ3n) is 4.55. The van der Waals surface area contributed by atoms with Gasteiger partial charge in [-0.3, -0.25) is 9.59 Å². The summed E-state index contributed by atoms with van der Waals surface area (Å²) in [6.07, 6.45) is 1.57. The van der Waals surface area contributed by atoms with E-state index in [1.54, 1.807) is 23.1 Å². The summed E-state index contributed by atoms with van der Waals surface area (Å²) < 4.78 is 1.18. The first-order chi connectivity index (χ1) is 13.7. The van der Waals surface area contributed by atoms with E-state index in [9.17, 15) is 9.59 Å². The minimum atomic E-state index is -0.0273. The molecule has 28 heavy (non-hydrogen) atoms. The number of aromatic nitrogens is 1. The molecule has 5 nitrogen and oxygen atoms in total. The minimum absolute atomic E-state index is 0.0273. The molecule has 0 spiro atoms. The van der Waals surface area contributed by atoms with Crippen LogP contribution in [0.3, 0.4) is 0 Å². The minimum Gasteiger partial charge on any atom is -0.338 e. The van der Waals surface area contributed by atoms with E-state index in [-0.39, 0.29) is 11.8 Å². The maximum absolute atomic E-state index is 12.3. The number of hydrogen-bond acceptors (Lipinski definition) is 5. The maximum Gasteiger partial charge on any atom is 0.234 e. The summed E-state index contributed by atoms with van der Waals surface area (Å²) in [4.78, 5) is 30.5. The van der Waals surface area contributed by atoms with Crippen molar-refractivity contribution in [2.75, 3.05) is 17.6 Å². The number of nitrogens with zero attached hydrogens (tertiary/aromatic N) is 2. The van der Waals surface area contributed by atoms with Crippen LogP contribution in [0.2, 0.25) is 0 Å². The number of anilines is 1. The highest BCUT2D eigenvalue weighted by Gasteiger charge is 2.20. The van der Waals surface area contributed by atoms with Crippen LogP contribution >= 0.6 is 23.1 Å². The fourth-order valence-corrected chi connectivity index (χ4v) is 5.10. The number of benzene rings is 2.